The molecule has 0 bridgehead atoms. The van der Waals surface area contributed by atoms with E-state index in [1.807, 2.05) is 0 Å². The fraction of sp³-hybridized carbons (Fsp3) is 0.625. The Hall–Kier alpha value is -0.120. The molecule has 4 unspecified atom stereocenters. The summed E-state index contributed by atoms with van der Waals surface area (Å²) in [6.07, 6.45) is 0. The van der Waals surface area contributed by atoms with E-state index in [0.29, 0.717) is 11.3 Å². The summed E-state index contributed by atoms with van der Waals surface area (Å²) in [4.78, 5) is 0. The van der Waals surface area contributed by atoms with Gasteiger partial charge in [0, 0.05) is 27.5 Å². The third-order valence-electron chi connectivity index (χ3n) is 4.03. The molecule has 0 aliphatic carbocycles. The molecule has 3 heteroatoms. The van der Waals surface area contributed by atoms with Gasteiger partial charge in [-0.15, -0.1) is 0 Å². The maximum Gasteiger partial charge on any atom is 0.0449 e. The molecule has 1 N–H and O–H groups in total. The van der Waals surface area contributed by atoms with Gasteiger partial charge in [-0.2, -0.15) is 23.5 Å². The van der Waals surface area contributed by atoms with E-state index < -0.39 is 0 Å². The van der Waals surface area contributed by atoms with Gasteiger partial charge in [0.05, 0.1) is 0 Å². The number of hydrogen-bond donors (Lipinski definition) is 1. The highest BCUT2D eigenvalue weighted by molar-refractivity contribution is 8.07. The summed E-state index contributed by atoms with van der Waals surface area (Å²) < 4.78 is 0. The largest absolute Gasteiger partial charge is 0.312 e. The summed E-state index contributed by atoms with van der Waals surface area (Å²) in [5.74, 6) is 1.25. The van der Waals surface area contributed by atoms with E-state index in [1.54, 1.807) is 0 Å². The van der Waals surface area contributed by atoms with Crippen LogP contribution in [0.4, 0.5) is 0 Å². The monoisotopic (exact) mass is 295 g/mol. The summed E-state index contributed by atoms with van der Waals surface area (Å²) in [5.41, 5.74) is 4.24. The Morgan fingerprint density at radius 1 is 1.21 bits per heavy atom. The number of benzene rings is 1. The molecule has 1 heterocycles. The highest BCUT2D eigenvalue weighted by Crippen LogP contribution is 2.41. The molecule has 1 saturated heterocycles. The van der Waals surface area contributed by atoms with Gasteiger partial charge in [-0.3, -0.25) is 0 Å². The minimum absolute atomic E-state index is 0.465. The molecular weight excluding hydrogens is 270 g/mol. The molecule has 0 saturated carbocycles. The maximum absolute atomic E-state index is 3.56. The van der Waals surface area contributed by atoms with Crippen LogP contribution in [0.15, 0.2) is 18.2 Å². The molecule has 0 aromatic heterocycles. The third-order valence-corrected chi connectivity index (χ3v) is 7.52. The van der Waals surface area contributed by atoms with Crippen LogP contribution >= 0.6 is 23.5 Å². The molecule has 1 aliphatic rings. The minimum Gasteiger partial charge on any atom is -0.312 e. The van der Waals surface area contributed by atoms with Crippen LogP contribution in [0.2, 0.25) is 0 Å². The molecule has 0 radical (unpaired) electrons. The first kappa shape index (κ1) is 15.3. The van der Waals surface area contributed by atoms with Crippen molar-refractivity contribution in [2.75, 3.05) is 12.8 Å². The van der Waals surface area contributed by atoms with Gasteiger partial charge in [0.2, 0.25) is 0 Å². The zero-order chi connectivity index (χ0) is 14.0. The number of rotatable bonds is 3. The molecule has 0 amide bonds. The highest BCUT2D eigenvalue weighted by atomic mass is 32.2. The van der Waals surface area contributed by atoms with Crippen molar-refractivity contribution in [3.63, 3.8) is 0 Å². The van der Waals surface area contributed by atoms with Crippen molar-refractivity contribution in [1.82, 2.24) is 5.32 Å². The van der Waals surface area contributed by atoms with Crippen LogP contribution < -0.4 is 5.32 Å². The van der Waals surface area contributed by atoms with Gasteiger partial charge in [0.25, 0.3) is 0 Å². The summed E-state index contributed by atoms with van der Waals surface area (Å²) in [6.45, 7) is 9.13. The van der Waals surface area contributed by atoms with Crippen LogP contribution in [0.25, 0.3) is 0 Å². The van der Waals surface area contributed by atoms with Crippen LogP contribution in [0.3, 0.4) is 0 Å². The summed E-state index contributed by atoms with van der Waals surface area (Å²) in [6, 6.07) is 7.28. The van der Waals surface area contributed by atoms with Gasteiger partial charge < -0.3 is 5.32 Å². The van der Waals surface area contributed by atoms with E-state index in [2.05, 4.69) is 81.8 Å². The second kappa shape index (κ2) is 6.55. The molecule has 106 valence electrons. The van der Waals surface area contributed by atoms with Crippen molar-refractivity contribution in [2.24, 2.45) is 0 Å². The quantitative estimate of drug-likeness (QED) is 0.898. The second-order valence-electron chi connectivity index (χ2n) is 5.54. The van der Waals surface area contributed by atoms with E-state index >= 15 is 0 Å². The van der Waals surface area contributed by atoms with Gasteiger partial charge in [-0.25, -0.2) is 0 Å². The second-order valence-corrected chi connectivity index (χ2v) is 8.58. The Balaban J connectivity index is 2.22. The molecule has 1 nitrogen and oxygen atoms in total. The van der Waals surface area contributed by atoms with Crippen molar-refractivity contribution in [3.8, 4) is 0 Å². The van der Waals surface area contributed by atoms with E-state index in [-0.39, 0.29) is 0 Å². The fourth-order valence-electron chi connectivity index (χ4n) is 2.62. The smallest absolute Gasteiger partial charge is 0.0449 e. The van der Waals surface area contributed by atoms with E-state index in [9.17, 15) is 0 Å². The van der Waals surface area contributed by atoms with Gasteiger partial charge in [0.1, 0.15) is 0 Å². The standard InChI is InChI=1S/C16H25NS2/c1-10-6-7-11(2)14(8-10)16(17-5)15-9-18-12(3)13(4)19-15/h6-8,12-13,15-17H,9H2,1-5H3. The first-order valence-electron chi connectivity index (χ1n) is 7.04. The van der Waals surface area contributed by atoms with Gasteiger partial charge >= 0.3 is 0 Å². The Labute approximate surface area is 126 Å². The first-order valence-corrected chi connectivity index (χ1v) is 9.03. The lowest BCUT2D eigenvalue weighted by Crippen LogP contribution is -2.36. The molecule has 19 heavy (non-hydrogen) atoms. The van der Waals surface area contributed by atoms with Crippen LogP contribution in [0, 0.1) is 13.8 Å². The third kappa shape index (κ3) is 3.50. The molecule has 0 spiro atoms. The fourth-order valence-corrected chi connectivity index (χ4v) is 5.77. The van der Waals surface area contributed by atoms with Crippen molar-refractivity contribution in [1.29, 1.82) is 0 Å². The lowest BCUT2D eigenvalue weighted by molar-refractivity contribution is 0.585. The minimum atomic E-state index is 0.465. The summed E-state index contributed by atoms with van der Waals surface area (Å²) in [5, 5.41) is 5.74. The summed E-state index contributed by atoms with van der Waals surface area (Å²) >= 11 is 4.28. The zero-order valence-electron chi connectivity index (χ0n) is 12.6. The van der Waals surface area contributed by atoms with Crippen molar-refractivity contribution in [2.45, 2.75) is 49.5 Å². The molecule has 1 aromatic rings. The van der Waals surface area contributed by atoms with Crippen LogP contribution in [0.1, 0.15) is 36.6 Å². The zero-order valence-corrected chi connectivity index (χ0v) is 14.2. The Morgan fingerprint density at radius 2 is 1.95 bits per heavy atom. The predicted octanol–water partition coefficient (Wildman–Crippen LogP) is 4.19. The lowest BCUT2D eigenvalue weighted by atomic mass is 9.97. The predicted molar refractivity (Wildman–Crippen MR) is 90.5 cm³/mol. The molecular formula is C16H25NS2. The average Bonchev–Trinajstić information content (AvgIpc) is 2.38. The number of thioether (sulfide) groups is 2. The molecule has 2 rings (SSSR count). The Bertz CT molecular complexity index is 433. The van der Waals surface area contributed by atoms with Crippen molar-refractivity contribution in [3.05, 3.63) is 34.9 Å². The SMILES string of the molecule is CNC(c1cc(C)ccc1C)C1CSC(C)C(C)S1. The van der Waals surface area contributed by atoms with Gasteiger partial charge in [-0.05, 0) is 32.0 Å². The van der Waals surface area contributed by atoms with Crippen LogP contribution in [-0.2, 0) is 0 Å². The van der Waals surface area contributed by atoms with Crippen LogP contribution in [0.5, 0.6) is 0 Å². The highest BCUT2D eigenvalue weighted by Gasteiger charge is 2.31. The van der Waals surface area contributed by atoms with E-state index in [1.165, 1.54) is 22.4 Å². The first-order chi connectivity index (χ1) is 9.02. The number of aryl methyl sites for hydroxylation is 2. The molecule has 1 aromatic carbocycles. The van der Waals surface area contributed by atoms with Gasteiger partial charge in [-0.1, -0.05) is 37.6 Å². The lowest BCUT2D eigenvalue weighted by Gasteiger charge is -2.36. The Kier molecular flexibility index (Phi) is 5.27. The molecule has 1 aliphatic heterocycles. The Morgan fingerprint density at radius 3 is 2.58 bits per heavy atom. The number of hydrogen-bond acceptors (Lipinski definition) is 3. The topological polar surface area (TPSA) is 12.0 Å². The van der Waals surface area contributed by atoms with Crippen molar-refractivity contribution < 1.29 is 0 Å². The normalized spacial score (nSPS) is 29.2. The van der Waals surface area contributed by atoms with E-state index in [4.69, 9.17) is 0 Å². The molecule has 1 fully saturated rings. The number of nitrogens with one attached hydrogen (secondary N) is 1. The average molecular weight is 296 g/mol. The van der Waals surface area contributed by atoms with Crippen molar-refractivity contribution >= 4 is 23.5 Å². The van der Waals surface area contributed by atoms with E-state index in [0.717, 1.165) is 10.5 Å². The maximum atomic E-state index is 3.56. The van der Waals surface area contributed by atoms with Crippen LogP contribution in [-0.4, -0.2) is 28.6 Å². The molecule has 4 atom stereocenters. The van der Waals surface area contributed by atoms with Gasteiger partial charge in [0.15, 0.2) is 0 Å². The summed E-state index contributed by atoms with van der Waals surface area (Å²) in [7, 11) is 2.10.